The molecule has 7 heteroatoms. The Bertz CT molecular complexity index is 1110. The number of hydrogen-bond acceptors (Lipinski definition) is 3. The van der Waals surface area contributed by atoms with Crippen LogP contribution in [-0.2, 0) is 4.79 Å². The number of ether oxygens (including phenoxy) is 1. The van der Waals surface area contributed by atoms with Crippen LogP contribution in [0.2, 0.25) is 15.1 Å². The molecule has 1 fully saturated rings. The summed E-state index contributed by atoms with van der Waals surface area (Å²) in [5, 5.41) is 1.84. The zero-order valence-electron chi connectivity index (χ0n) is 19.0. The number of carbonyl (C=O) groups excluding carboxylic acids is 1. The van der Waals surface area contributed by atoms with Gasteiger partial charge in [0, 0.05) is 29.7 Å². The Morgan fingerprint density at radius 2 is 1.68 bits per heavy atom. The molecule has 0 N–H and O–H groups in total. The first-order valence-electron chi connectivity index (χ1n) is 11.4. The van der Waals surface area contributed by atoms with E-state index in [2.05, 4.69) is 11.8 Å². The molecular formula is C27H27Cl3N2O2. The average molecular weight is 518 g/mol. The van der Waals surface area contributed by atoms with Gasteiger partial charge in [-0.3, -0.25) is 4.79 Å². The highest BCUT2D eigenvalue weighted by Gasteiger charge is 2.35. The third-order valence-electron chi connectivity index (χ3n) is 6.01. The van der Waals surface area contributed by atoms with E-state index in [9.17, 15) is 4.79 Å². The number of amides is 1. The summed E-state index contributed by atoms with van der Waals surface area (Å²) >= 11 is 18.9. The van der Waals surface area contributed by atoms with Gasteiger partial charge in [-0.15, -0.1) is 0 Å². The van der Waals surface area contributed by atoms with E-state index in [0.717, 1.165) is 17.7 Å². The summed E-state index contributed by atoms with van der Waals surface area (Å²) in [4.78, 5) is 17.7. The van der Waals surface area contributed by atoms with Gasteiger partial charge in [0.15, 0.2) is 6.10 Å². The lowest BCUT2D eigenvalue weighted by Crippen LogP contribution is -2.54. The van der Waals surface area contributed by atoms with Crippen LogP contribution >= 0.6 is 34.8 Å². The number of carbonyl (C=O) groups is 1. The van der Waals surface area contributed by atoms with E-state index in [1.165, 1.54) is 0 Å². The van der Waals surface area contributed by atoms with Crippen LogP contribution < -0.4 is 9.64 Å². The van der Waals surface area contributed by atoms with Crippen molar-refractivity contribution >= 4 is 46.4 Å². The van der Waals surface area contributed by atoms with Crippen LogP contribution in [0.3, 0.4) is 0 Å². The van der Waals surface area contributed by atoms with Crippen molar-refractivity contribution < 1.29 is 9.53 Å². The molecule has 1 aliphatic heterocycles. The average Bonchev–Trinajstić information content (AvgIpc) is 2.84. The van der Waals surface area contributed by atoms with Gasteiger partial charge >= 0.3 is 0 Å². The smallest absolute Gasteiger partial charge is 0.263 e. The lowest BCUT2D eigenvalue weighted by molar-refractivity contribution is -0.140. The SMILES string of the molecule is CCCC(Oc1ccccc1)C(=O)N1CCN(c2ccc(Cl)cc2Cl)C(c2ccc(Cl)cc2)C1. The normalized spacial score (nSPS) is 16.9. The summed E-state index contributed by atoms with van der Waals surface area (Å²) in [5.41, 5.74) is 1.95. The van der Waals surface area contributed by atoms with Crippen molar-refractivity contribution in [2.75, 3.05) is 24.5 Å². The summed E-state index contributed by atoms with van der Waals surface area (Å²) in [7, 11) is 0. The number of piperazine rings is 1. The van der Waals surface area contributed by atoms with Crippen molar-refractivity contribution in [2.45, 2.75) is 31.9 Å². The molecule has 3 aromatic rings. The minimum absolute atomic E-state index is 0.00604. The van der Waals surface area contributed by atoms with Crippen LogP contribution in [0.4, 0.5) is 5.69 Å². The number of anilines is 1. The van der Waals surface area contributed by atoms with Crippen LogP contribution in [0.1, 0.15) is 31.4 Å². The minimum atomic E-state index is -0.524. The number of nitrogens with zero attached hydrogens (tertiary/aromatic N) is 2. The van der Waals surface area contributed by atoms with E-state index in [1.807, 2.05) is 71.6 Å². The van der Waals surface area contributed by atoms with Crippen LogP contribution in [0, 0.1) is 0 Å². The predicted octanol–water partition coefficient (Wildman–Crippen LogP) is 7.28. The molecule has 0 spiro atoms. The molecule has 1 amide bonds. The first-order valence-corrected chi connectivity index (χ1v) is 12.6. The summed E-state index contributed by atoms with van der Waals surface area (Å²) in [6, 6.07) is 22.7. The second-order valence-corrected chi connectivity index (χ2v) is 9.63. The highest BCUT2D eigenvalue weighted by atomic mass is 35.5. The van der Waals surface area contributed by atoms with Crippen LogP contribution in [0.5, 0.6) is 5.75 Å². The fourth-order valence-corrected chi connectivity index (χ4v) is 4.96. The van der Waals surface area contributed by atoms with E-state index in [0.29, 0.717) is 46.9 Å². The molecule has 0 aromatic heterocycles. The number of hydrogen-bond donors (Lipinski definition) is 0. The van der Waals surface area contributed by atoms with Gasteiger partial charge in [0.05, 0.1) is 16.8 Å². The molecule has 2 unspecified atom stereocenters. The van der Waals surface area contributed by atoms with Gasteiger partial charge in [0.1, 0.15) is 5.75 Å². The Morgan fingerprint density at radius 1 is 0.971 bits per heavy atom. The molecule has 4 nitrogen and oxygen atoms in total. The summed E-state index contributed by atoms with van der Waals surface area (Å²) in [5.74, 6) is 0.710. The molecule has 0 radical (unpaired) electrons. The van der Waals surface area contributed by atoms with Crippen molar-refractivity contribution in [3.63, 3.8) is 0 Å². The first kappa shape index (κ1) is 24.7. The quantitative estimate of drug-likeness (QED) is 0.330. The Kier molecular flexibility index (Phi) is 8.25. The van der Waals surface area contributed by atoms with Gasteiger partial charge in [-0.25, -0.2) is 0 Å². The topological polar surface area (TPSA) is 32.8 Å². The lowest BCUT2D eigenvalue weighted by atomic mass is 10.0. The van der Waals surface area contributed by atoms with E-state index in [1.54, 1.807) is 6.07 Å². The third kappa shape index (κ3) is 5.80. The van der Waals surface area contributed by atoms with Crippen molar-refractivity contribution in [1.29, 1.82) is 0 Å². The lowest BCUT2D eigenvalue weighted by Gasteiger charge is -2.44. The zero-order chi connectivity index (χ0) is 24.1. The minimum Gasteiger partial charge on any atom is -0.481 e. The summed E-state index contributed by atoms with van der Waals surface area (Å²) in [6.07, 6.45) is 0.983. The van der Waals surface area contributed by atoms with Crippen LogP contribution in [0.15, 0.2) is 72.8 Å². The Labute approximate surface area is 216 Å². The molecule has 1 heterocycles. The standard InChI is InChI=1S/C27H27Cl3N2O2/c1-2-6-26(34-22-7-4-3-5-8-22)27(33)31-15-16-32(24-14-13-21(29)17-23(24)30)25(18-31)19-9-11-20(28)12-10-19/h3-5,7-14,17,25-26H,2,6,15-16,18H2,1H3. The van der Waals surface area contributed by atoms with Gasteiger partial charge < -0.3 is 14.5 Å². The van der Waals surface area contributed by atoms with Crippen molar-refractivity contribution in [3.8, 4) is 5.75 Å². The molecule has 0 saturated carbocycles. The van der Waals surface area contributed by atoms with Crippen LogP contribution in [0.25, 0.3) is 0 Å². The zero-order valence-corrected chi connectivity index (χ0v) is 21.2. The third-order valence-corrected chi connectivity index (χ3v) is 6.80. The molecule has 4 rings (SSSR count). The maximum Gasteiger partial charge on any atom is 0.263 e. The first-order chi connectivity index (χ1) is 16.5. The number of para-hydroxylation sites is 1. The second-order valence-electron chi connectivity index (χ2n) is 8.35. The maximum absolute atomic E-state index is 13.6. The highest BCUT2D eigenvalue weighted by Crippen LogP contribution is 2.37. The van der Waals surface area contributed by atoms with Crippen LogP contribution in [-0.4, -0.2) is 36.5 Å². The Hall–Kier alpha value is -2.40. The monoisotopic (exact) mass is 516 g/mol. The van der Waals surface area contributed by atoms with Crippen molar-refractivity contribution in [1.82, 2.24) is 4.90 Å². The molecule has 3 aromatic carbocycles. The van der Waals surface area contributed by atoms with E-state index in [-0.39, 0.29) is 11.9 Å². The number of halogens is 3. The highest BCUT2D eigenvalue weighted by molar-refractivity contribution is 6.36. The van der Waals surface area contributed by atoms with E-state index in [4.69, 9.17) is 39.5 Å². The molecule has 1 saturated heterocycles. The van der Waals surface area contributed by atoms with Gasteiger partial charge in [-0.2, -0.15) is 0 Å². The van der Waals surface area contributed by atoms with E-state index >= 15 is 0 Å². The fraction of sp³-hybridized carbons (Fsp3) is 0.296. The van der Waals surface area contributed by atoms with Crippen molar-refractivity contribution in [3.05, 3.63) is 93.4 Å². The molecular weight excluding hydrogens is 491 g/mol. The maximum atomic E-state index is 13.6. The largest absolute Gasteiger partial charge is 0.481 e. The van der Waals surface area contributed by atoms with Gasteiger partial charge in [-0.1, -0.05) is 78.5 Å². The summed E-state index contributed by atoms with van der Waals surface area (Å²) in [6.45, 7) is 3.77. The summed E-state index contributed by atoms with van der Waals surface area (Å²) < 4.78 is 6.11. The number of benzene rings is 3. The van der Waals surface area contributed by atoms with E-state index < -0.39 is 6.10 Å². The second kappa shape index (κ2) is 11.4. The molecule has 0 aliphatic carbocycles. The predicted molar refractivity (Wildman–Crippen MR) is 140 cm³/mol. The molecule has 178 valence electrons. The molecule has 34 heavy (non-hydrogen) atoms. The van der Waals surface area contributed by atoms with Gasteiger partial charge in [-0.05, 0) is 54.4 Å². The number of rotatable bonds is 7. The Balaban J connectivity index is 1.60. The van der Waals surface area contributed by atoms with Gasteiger partial charge in [0.25, 0.3) is 5.91 Å². The fourth-order valence-electron chi connectivity index (χ4n) is 4.32. The molecule has 0 bridgehead atoms. The molecule has 1 aliphatic rings. The Morgan fingerprint density at radius 3 is 2.35 bits per heavy atom. The van der Waals surface area contributed by atoms with Gasteiger partial charge in [0.2, 0.25) is 0 Å². The molecule has 2 atom stereocenters. The van der Waals surface area contributed by atoms with Crippen molar-refractivity contribution in [2.24, 2.45) is 0 Å².